The molecule has 1 rings (SSSR count). The minimum atomic E-state index is -0.199. The normalized spacial score (nSPS) is 24.3. The van der Waals surface area contributed by atoms with Crippen LogP contribution in [-0.2, 0) is 33.3 Å². The molecule has 5 N–H and O–H groups in total. The number of nitrogens with one attached hydrogen (secondary N) is 3. The van der Waals surface area contributed by atoms with Crippen molar-refractivity contribution in [2.45, 2.75) is 38.1 Å². The van der Waals surface area contributed by atoms with E-state index in [0.29, 0.717) is 91.8 Å². The Hall–Kier alpha value is -1.79. The van der Waals surface area contributed by atoms with Gasteiger partial charge in [0.05, 0.1) is 52.9 Å². The molecule has 11 nitrogen and oxygen atoms in total. The van der Waals surface area contributed by atoms with Crippen LogP contribution < -0.4 is 21.7 Å². The minimum Gasteiger partial charge on any atom is -0.377 e. The van der Waals surface area contributed by atoms with E-state index in [0.717, 1.165) is 0 Å². The van der Waals surface area contributed by atoms with Gasteiger partial charge in [-0.1, -0.05) is 0 Å². The average molecular weight is 447 g/mol. The predicted octanol–water partition coefficient (Wildman–Crippen LogP) is -1.31. The van der Waals surface area contributed by atoms with Crippen molar-refractivity contribution in [2.24, 2.45) is 5.73 Å². The second-order valence-corrected chi connectivity index (χ2v) is 7.11. The summed E-state index contributed by atoms with van der Waals surface area (Å²) in [5.41, 5.74) is 5.98. The summed E-state index contributed by atoms with van der Waals surface area (Å²) in [5, 5.41) is 8.20. The first-order chi connectivity index (χ1) is 15.1. The first kappa shape index (κ1) is 27.2. The van der Waals surface area contributed by atoms with Crippen LogP contribution in [0.4, 0.5) is 0 Å². The molecule has 0 bridgehead atoms. The number of amides is 3. The Morgan fingerprint density at radius 3 is 1.52 bits per heavy atom. The summed E-state index contributed by atoms with van der Waals surface area (Å²) in [6.45, 7) is 4.33. The predicted molar refractivity (Wildman–Crippen MR) is 113 cm³/mol. The summed E-state index contributed by atoms with van der Waals surface area (Å²) < 4.78 is 21.6. The Labute approximate surface area is 184 Å². The monoisotopic (exact) mass is 446 g/mol. The van der Waals surface area contributed by atoms with E-state index in [4.69, 9.17) is 24.7 Å². The highest BCUT2D eigenvalue weighted by Crippen LogP contribution is 2.00. The quantitative estimate of drug-likeness (QED) is 0.358. The molecule has 31 heavy (non-hydrogen) atoms. The molecule has 1 atom stereocenters. The molecule has 3 amide bonds. The SMILES string of the molecule is NC1CCCC(=O)NCCOCCOCCNC(=O)CCC(=O)NCCOCCOC1. The van der Waals surface area contributed by atoms with Gasteiger partial charge in [0.25, 0.3) is 0 Å². The van der Waals surface area contributed by atoms with E-state index in [1.165, 1.54) is 0 Å². The van der Waals surface area contributed by atoms with Crippen LogP contribution in [0.1, 0.15) is 32.1 Å². The number of hydrogen-bond acceptors (Lipinski definition) is 8. The van der Waals surface area contributed by atoms with Crippen molar-refractivity contribution < 1.29 is 33.3 Å². The fourth-order valence-corrected chi connectivity index (χ4v) is 2.66. The van der Waals surface area contributed by atoms with Gasteiger partial charge in [-0.25, -0.2) is 0 Å². The van der Waals surface area contributed by atoms with E-state index in [9.17, 15) is 14.4 Å². The van der Waals surface area contributed by atoms with Gasteiger partial charge in [0, 0.05) is 44.9 Å². The van der Waals surface area contributed by atoms with Crippen molar-refractivity contribution in [1.82, 2.24) is 16.0 Å². The third-order valence-corrected chi connectivity index (χ3v) is 4.34. The summed E-state index contributed by atoms with van der Waals surface area (Å²) in [5.74, 6) is -0.420. The zero-order valence-electron chi connectivity index (χ0n) is 18.3. The average Bonchev–Trinajstić information content (AvgIpc) is 2.74. The van der Waals surface area contributed by atoms with Gasteiger partial charge in [0.2, 0.25) is 17.7 Å². The van der Waals surface area contributed by atoms with E-state index in [2.05, 4.69) is 16.0 Å². The Morgan fingerprint density at radius 2 is 1.03 bits per heavy atom. The van der Waals surface area contributed by atoms with Crippen LogP contribution in [0.2, 0.25) is 0 Å². The Bertz CT molecular complexity index is 508. The Balaban J connectivity index is 2.26. The molecule has 1 fully saturated rings. The Morgan fingerprint density at radius 1 is 0.613 bits per heavy atom. The van der Waals surface area contributed by atoms with Gasteiger partial charge in [-0.3, -0.25) is 14.4 Å². The van der Waals surface area contributed by atoms with E-state index in [-0.39, 0.29) is 36.6 Å². The smallest absolute Gasteiger partial charge is 0.220 e. The van der Waals surface area contributed by atoms with Gasteiger partial charge in [-0.2, -0.15) is 0 Å². The summed E-state index contributed by atoms with van der Waals surface area (Å²) in [7, 11) is 0. The number of hydrogen-bond donors (Lipinski definition) is 4. The summed E-state index contributed by atoms with van der Waals surface area (Å²) >= 11 is 0. The van der Waals surface area contributed by atoms with Gasteiger partial charge in [-0.05, 0) is 12.8 Å². The number of ether oxygens (including phenoxy) is 4. The van der Waals surface area contributed by atoms with Crippen molar-refractivity contribution in [2.75, 3.05) is 72.5 Å². The van der Waals surface area contributed by atoms with E-state index in [1.807, 2.05) is 0 Å². The van der Waals surface area contributed by atoms with Crippen molar-refractivity contribution in [1.29, 1.82) is 0 Å². The Kier molecular flexibility index (Phi) is 16.6. The molecule has 0 saturated carbocycles. The summed E-state index contributed by atoms with van der Waals surface area (Å²) in [6, 6.07) is -0.129. The largest absolute Gasteiger partial charge is 0.377 e. The maximum Gasteiger partial charge on any atom is 0.220 e. The number of carbonyl (C=O) groups is 3. The first-order valence-electron chi connectivity index (χ1n) is 10.9. The first-order valence-corrected chi connectivity index (χ1v) is 10.9. The molecule has 0 spiro atoms. The van der Waals surface area contributed by atoms with Gasteiger partial charge >= 0.3 is 0 Å². The van der Waals surface area contributed by atoms with Gasteiger partial charge < -0.3 is 40.6 Å². The molecule has 1 aliphatic heterocycles. The lowest BCUT2D eigenvalue weighted by molar-refractivity contribution is -0.126. The van der Waals surface area contributed by atoms with Crippen LogP contribution in [0.25, 0.3) is 0 Å². The topological polar surface area (TPSA) is 150 Å². The third-order valence-electron chi connectivity index (χ3n) is 4.34. The zero-order chi connectivity index (χ0) is 22.6. The fourth-order valence-electron chi connectivity index (χ4n) is 2.66. The fraction of sp³-hybridized carbons (Fsp3) is 0.850. The highest BCUT2D eigenvalue weighted by Gasteiger charge is 2.07. The maximum absolute atomic E-state index is 11.8. The molecule has 1 heterocycles. The maximum atomic E-state index is 11.8. The van der Waals surface area contributed by atoms with Crippen LogP contribution in [0, 0.1) is 0 Å². The molecule has 11 heteroatoms. The van der Waals surface area contributed by atoms with Crippen molar-refractivity contribution >= 4 is 17.7 Å². The van der Waals surface area contributed by atoms with E-state index < -0.39 is 0 Å². The molecule has 1 unspecified atom stereocenters. The lowest BCUT2D eigenvalue weighted by atomic mass is 10.1. The molecule has 1 aliphatic rings. The number of nitrogens with two attached hydrogens (primary N) is 1. The van der Waals surface area contributed by atoms with Crippen molar-refractivity contribution in [3.8, 4) is 0 Å². The molecule has 0 aliphatic carbocycles. The molecule has 0 aromatic heterocycles. The lowest BCUT2D eigenvalue weighted by Gasteiger charge is -2.12. The highest BCUT2D eigenvalue weighted by molar-refractivity contribution is 5.83. The summed E-state index contributed by atoms with van der Waals surface area (Å²) in [4.78, 5) is 35.2. The van der Waals surface area contributed by atoms with Crippen LogP contribution >= 0.6 is 0 Å². The van der Waals surface area contributed by atoms with Crippen LogP contribution in [0.15, 0.2) is 0 Å². The molecular weight excluding hydrogens is 408 g/mol. The lowest BCUT2D eigenvalue weighted by Crippen LogP contribution is -2.31. The second kappa shape index (κ2) is 18.9. The highest BCUT2D eigenvalue weighted by atomic mass is 16.5. The number of carbonyl (C=O) groups excluding carboxylic acids is 3. The van der Waals surface area contributed by atoms with Gasteiger partial charge in [0.15, 0.2) is 0 Å². The molecular formula is C20H38N4O7. The third kappa shape index (κ3) is 17.6. The van der Waals surface area contributed by atoms with Crippen LogP contribution in [0.3, 0.4) is 0 Å². The number of rotatable bonds is 0. The van der Waals surface area contributed by atoms with Crippen molar-refractivity contribution in [3.05, 3.63) is 0 Å². The zero-order valence-corrected chi connectivity index (χ0v) is 18.3. The summed E-state index contributed by atoms with van der Waals surface area (Å²) in [6.07, 6.45) is 2.05. The molecule has 0 radical (unpaired) electrons. The van der Waals surface area contributed by atoms with Crippen LogP contribution in [0.5, 0.6) is 0 Å². The standard InChI is InChI=1S/C20H38N4O7/c21-17-2-1-3-18(25)22-6-9-28-12-13-29-10-7-23-19(26)4-5-20(27)24-8-11-30-14-15-31-16-17/h17H,1-16,21H2,(H,22,25)(H,23,26)(H,24,27). The minimum absolute atomic E-state index is 0.0263. The van der Waals surface area contributed by atoms with Gasteiger partial charge in [-0.15, -0.1) is 0 Å². The molecule has 180 valence electrons. The van der Waals surface area contributed by atoms with E-state index in [1.54, 1.807) is 0 Å². The van der Waals surface area contributed by atoms with Crippen LogP contribution in [-0.4, -0.2) is 96.3 Å². The molecule has 1 saturated heterocycles. The second-order valence-electron chi connectivity index (χ2n) is 7.11. The van der Waals surface area contributed by atoms with E-state index >= 15 is 0 Å². The van der Waals surface area contributed by atoms with Gasteiger partial charge in [0.1, 0.15) is 0 Å². The van der Waals surface area contributed by atoms with Crippen molar-refractivity contribution in [3.63, 3.8) is 0 Å². The molecule has 0 aromatic rings. The molecule has 0 aromatic carbocycles.